The zero-order valence-corrected chi connectivity index (χ0v) is 10.6. The van der Waals surface area contributed by atoms with Crippen molar-refractivity contribution < 1.29 is 9.52 Å². The standard InChI is InChI=1S/C15H19NO2/c1-12(15-8-4-10-18-15)16-14-7-2-5-13(11-14)6-3-9-17/h2,4-5,7-8,10-12,16-17H,3,6,9H2,1H3. The summed E-state index contributed by atoms with van der Waals surface area (Å²) in [6.07, 6.45) is 3.39. The van der Waals surface area contributed by atoms with E-state index in [9.17, 15) is 0 Å². The maximum absolute atomic E-state index is 8.84. The first kappa shape index (κ1) is 12.7. The molecule has 0 aliphatic rings. The van der Waals surface area contributed by atoms with Crippen molar-refractivity contribution in [1.29, 1.82) is 0 Å². The Balaban J connectivity index is 2.00. The minimum atomic E-state index is 0.146. The van der Waals surface area contributed by atoms with Gasteiger partial charge >= 0.3 is 0 Å². The van der Waals surface area contributed by atoms with Crippen LogP contribution in [0.5, 0.6) is 0 Å². The van der Waals surface area contributed by atoms with Gasteiger partial charge in [0.1, 0.15) is 5.76 Å². The Morgan fingerprint density at radius 1 is 1.28 bits per heavy atom. The van der Waals surface area contributed by atoms with E-state index in [-0.39, 0.29) is 12.6 Å². The van der Waals surface area contributed by atoms with Gasteiger partial charge in [0, 0.05) is 12.3 Å². The van der Waals surface area contributed by atoms with Crippen LogP contribution in [0.3, 0.4) is 0 Å². The first-order chi connectivity index (χ1) is 8.79. The molecule has 0 saturated carbocycles. The zero-order chi connectivity index (χ0) is 12.8. The Bertz CT molecular complexity index is 465. The molecule has 2 N–H and O–H groups in total. The second-order valence-electron chi connectivity index (χ2n) is 4.41. The molecule has 1 heterocycles. The SMILES string of the molecule is CC(Nc1cccc(CCCO)c1)c1ccco1. The molecule has 0 saturated heterocycles. The monoisotopic (exact) mass is 245 g/mol. The molecule has 0 spiro atoms. The third-order valence-corrected chi connectivity index (χ3v) is 2.90. The quantitative estimate of drug-likeness (QED) is 0.820. The van der Waals surface area contributed by atoms with Crippen molar-refractivity contribution in [2.75, 3.05) is 11.9 Å². The van der Waals surface area contributed by atoms with E-state index in [1.54, 1.807) is 6.26 Å². The summed E-state index contributed by atoms with van der Waals surface area (Å²) in [6, 6.07) is 12.3. The fourth-order valence-corrected chi connectivity index (χ4v) is 1.96. The number of aliphatic hydroxyl groups is 1. The summed E-state index contributed by atoms with van der Waals surface area (Å²) in [5.41, 5.74) is 2.31. The molecule has 1 aromatic carbocycles. The largest absolute Gasteiger partial charge is 0.467 e. The summed E-state index contributed by atoms with van der Waals surface area (Å²) in [4.78, 5) is 0. The smallest absolute Gasteiger partial charge is 0.125 e. The fourth-order valence-electron chi connectivity index (χ4n) is 1.96. The van der Waals surface area contributed by atoms with Crippen molar-refractivity contribution >= 4 is 5.69 Å². The van der Waals surface area contributed by atoms with Crippen LogP contribution in [0.15, 0.2) is 47.1 Å². The molecule has 0 amide bonds. The van der Waals surface area contributed by atoms with Gasteiger partial charge in [-0.05, 0) is 49.6 Å². The average Bonchev–Trinajstić information content (AvgIpc) is 2.91. The molecule has 2 aromatic rings. The van der Waals surface area contributed by atoms with E-state index < -0.39 is 0 Å². The van der Waals surface area contributed by atoms with Crippen LogP contribution in [0, 0.1) is 0 Å². The lowest BCUT2D eigenvalue weighted by molar-refractivity contribution is 0.288. The van der Waals surface area contributed by atoms with E-state index in [2.05, 4.69) is 24.4 Å². The van der Waals surface area contributed by atoms with Gasteiger partial charge in [-0.1, -0.05) is 12.1 Å². The number of benzene rings is 1. The first-order valence-electron chi connectivity index (χ1n) is 6.29. The highest BCUT2D eigenvalue weighted by atomic mass is 16.3. The molecule has 0 fully saturated rings. The highest BCUT2D eigenvalue weighted by molar-refractivity contribution is 5.47. The van der Waals surface area contributed by atoms with E-state index in [0.717, 1.165) is 24.3 Å². The molecule has 3 nitrogen and oxygen atoms in total. The van der Waals surface area contributed by atoms with Crippen LogP contribution in [0.4, 0.5) is 5.69 Å². The summed E-state index contributed by atoms with van der Waals surface area (Å²) in [7, 11) is 0. The van der Waals surface area contributed by atoms with Gasteiger partial charge in [-0.15, -0.1) is 0 Å². The van der Waals surface area contributed by atoms with Crippen molar-refractivity contribution in [2.45, 2.75) is 25.8 Å². The predicted octanol–water partition coefficient (Wildman–Crippen LogP) is 3.38. The van der Waals surface area contributed by atoms with Crippen molar-refractivity contribution in [3.05, 3.63) is 54.0 Å². The Morgan fingerprint density at radius 2 is 2.17 bits per heavy atom. The van der Waals surface area contributed by atoms with Gasteiger partial charge in [-0.2, -0.15) is 0 Å². The van der Waals surface area contributed by atoms with Crippen LogP contribution in [-0.4, -0.2) is 11.7 Å². The predicted molar refractivity (Wildman–Crippen MR) is 72.6 cm³/mol. The topological polar surface area (TPSA) is 45.4 Å². The molecular formula is C15H19NO2. The van der Waals surface area contributed by atoms with Crippen molar-refractivity contribution in [2.24, 2.45) is 0 Å². The maximum atomic E-state index is 8.84. The van der Waals surface area contributed by atoms with E-state index in [0.29, 0.717) is 0 Å². The van der Waals surface area contributed by atoms with Crippen LogP contribution in [0.2, 0.25) is 0 Å². The highest BCUT2D eigenvalue weighted by Gasteiger charge is 2.07. The molecule has 1 unspecified atom stereocenters. The lowest BCUT2D eigenvalue weighted by Crippen LogP contribution is -2.05. The molecule has 0 aliphatic heterocycles. The Labute approximate surface area is 107 Å². The number of aryl methyl sites for hydroxylation is 1. The molecular weight excluding hydrogens is 226 g/mol. The normalized spacial score (nSPS) is 12.3. The highest BCUT2D eigenvalue weighted by Crippen LogP contribution is 2.20. The zero-order valence-electron chi connectivity index (χ0n) is 10.6. The van der Waals surface area contributed by atoms with Crippen LogP contribution >= 0.6 is 0 Å². The number of furan rings is 1. The first-order valence-corrected chi connectivity index (χ1v) is 6.29. The number of hydrogen-bond donors (Lipinski definition) is 2. The minimum Gasteiger partial charge on any atom is -0.467 e. The number of rotatable bonds is 6. The number of hydrogen-bond acceptors (Lipinski definition) is 3. The lowest BCUT2D eigenvalue weighted by Gasteiger charge is -2.13. The van der Waals surface area contributed by atoms with Crippen molar-refractivity contribution in [1.82, 2.24) is 0 Å². The third-order valence-electron chi connectivity index (χ3n) is 2.90. The van der Waals surface area contributed by atoms with Crippen molar-refractivity contribution in [3.8, 4) is 0 Å². The van der Waals surface area contributed by atoms with E-state index >= 15 is 0 Å². The van der Waals surface area contributed by atoms with Crippen LogP contribution in [0.1, 0.15) is 30.7 Å². The summed E-state index contributed by atoms with van der Waals surface area (Å²) in [6.45, 7) is 2.31. The van der Waals surface area contributed by atoms with Crippen LogP contribution in [-0.2, 0) is 6.42 Å². The Morgan fingerprint density at radius 3 is 2.89 bits per heavy atom. The second-order valence-corrected chi connectivity index (χ2v) is 4.41. The number of anilines is 1. The molecule has 3 heteroatoms. The number of aliphatic hydroxyl groups excluding tert-OH is 1. The van der Waals surface area contributed by atoms with E-state index in [1.807, 2.05) is 24.3 Å². The second kappa shape index (κ2) is 6.26. The molecule has 2 rings (SSSR count). The van der Waals surface area contributed by atoms with Gasteiger partial charge in [-0.3, -0.25) is 0 Å². The van der Waals surface area contributed by atoms with Crippen LogP contribution < -0.4 is 5.32 Å². The average molecular weight is 245 g/mol. The Hall–Kier alpha value is -1.74. The maximum Gasteiger partial charge on any atom is 0.125 e. The van der Waals surface area contributed by atoms with Gasteiger partial charge in [-0.25, -0.2) is 0 Å². The summed E-state index contributed by atoms with van der Waals surface area (Å²) < 4.78 is 5.37. The third kappa shape index (κ3) is 3.37. The van der Waals surface area contributed by atoms with Gasteiger partial charge in [0.25, 0.3) is 0 Å². The number of nitrogens with one attached hydrogen (secondary N) is 1. The molecule has 0 radical (unpaired) electrons. The molecule has 96 valence electrons. The molecule has 0 aliphatic carbocycles. The fraction of sp³-hybridized carbons (Fsp3) is 0.333. The Kier molecular flexibility index (Phi) is 4.42. The minimum absolute atomic E-state index is 0.146. The van der Waals surface area contributed by atoms with Gasteiger partial charge in [0.05, 0.1) is 12.3 Å². The molecule has 0 bridgehead atoms. The summed E-state index contributed by atoms with van der Waals surface area (Å²) in [5, 5.41) is 12.2. The molecule has 1 atom stereocenters. The lowest BCUT2D eigenvalue weighted by atomic mass is 10.1. The molecule has 1 aromatic heterocycles. The van der Waals surface area contributed by atoms with Crippen molar-refractivity contribution in [3.63, 3.8) is 0 Å². The van der Waals surface area contributed by atoms with E-state index in [4.69, 9.17) is 9.52 Å². The van der Waals surface area contributed by atoms with Crippen LogP contribution in [0.25, 0.3) is 0 Å². The summed E-state index contributed by atoms with van der Waals surface area (Å²) >= 11 is 0. The van der Waals surface area contributed by atoms with Gasteiger partial charge in [0.15, 0.2) is 0 Å². The van der Waals surface area contributed by atoms with Gasteiger partial charge < -0.3 is 14.8 Å². The van der Waals surface area contributed by atoms with Gasteiger partial charge in [0.2, 0.25) is 0 Å². The molecule has 18 heavy (non-hydrogen) atoms. The summed E-state index contributed by atoms with van der Waals surface area (Å²) in [5.74, 6) is 0.927. The van der Waals surface area contributed by atoms with E-state index in [1.165, 1.54) is 5.56 Å².